The molecule has 166 valence electrons. The number of fused-ring (bicyclic) bond motifs is 1. The maximum atomic E-state index is 14.6. The lowest BCUT2D eigenvalue weighted by Crippen LogP contribution is -2.47. The Balaban J connectivity index is 1.74. The molecule has 31 heavy (non-hydrogen) atoms. The summed E-state index contributed by atoms with van der Waals surface area (Å²) in [6.45, 7) is 2.89. The van der Waals surface area contributed by atoms with Gasteiger partial charge in [-0.2, -0.15) is 0 Å². The maximum Gasteiger partial charge on any atom is 0.266 e. The summed E-state index contributed by atoms with van der Waals surface area (Å²) in [7, 11) is 0. The van der Waals surface area contributed by atoms with Gasteiger partial charge in [-0.25, -0.2) is 27.5 Å². The Kier molecular flexibility index (Phi) is 5.24. The van der Waals surface area contributed by atoms with E-state index in [2.05, 4.69) is 9.97 Å². The van der Waals surface area contributed by atoms with Crippen molar-refractivity contribution in [3.05, 3.63) is 59.2 Å². The van der Waals surface area contributed by atoms with Crippen LogP contribution in [-0.2, 0) is 4.74 Å². The highest BCUT2D eigenvalue weighted by Gasteiger charge is 2.56. The van der Waals surface area contributed by atoms with Crippen LogP contribution < -0.4 is 0 Å². The molecule has 0 spiro atoms. The van der Waals surface area contributed by atoms with Crippen LogP contribution in [0.2, 0.25) is 0 Å². The Bertz CT molecular complexity index is 1140. The molecule has 0 aliphatic carbocycles. The smallest absolute Gasteiger partial charge is 0.266 e. The zero-order chi connectivity index (χ0) is 22.7. The summed E-state index contributed by atoms with van der Waals surface area (Å²) in [5, 5.41) is 32.9. The fraction of sp³-hybridized carbons (Fsp3) is 0.400. The second kappa shape index (κ2) is 7.52. The van der Waals surface area contributed by atoms with Crippen LogP contribution in [0.3, 0.4) is 0 Å². The van der Waals surface area contributed by atoms with Crippen LogP contribution >= 0.6 is 0 Å². The van der Waals surface area contributed by atoms with Gasteiger partial charge >= 0.3 is 0 Å². The molecule has 0 saturated carbocycles. The van der Waals surface area contributed by atoms with Crippen molar-refractivity contribution in [3.8, 4) is 0 Å². The molecule has 2 aromatic heterocycles. The quantitative estimate of drug-likeness (QED) is 0.539. The van der Waals surface area contributed by atoms with Crippen molar-refractivity contribution in [2.24, 2.45) is 0 Å². The number of hydrogen-bond donors (Lipinski definition) is 3. The van der Waals surface area contributed by atoms with Crippen LogP contribution in [0.5, 0.6) is 0 Å². The van der Waals surface area contributed by atoms with E-state index in [0.29, 0.717) is 28.9 Å². The fourth-order valence-electron chi connectivity index (χ4n) is 3.90. The number of aliphatic hydroxyl groups is 3. The van der Waals surface area contributed by atoms with Gasteiger partial charge < -0.3 is 24.6 Å². The third-order valence-corrected chi connectivity index (χ3v) is 5.65. The molecule has 0 radical (unpaired) electrons. The van der Waals surface area contributed by atoms with E-state index < -0.39 is 59.3 Å². The van der Waals surface area contributed by atoms with Gasteiger partial charge in [-0.15, -0.1) is 0 Å². The van der Waals surface area contributed by atoms with Gasteiger partial charge in [-0.3, -0.25) is 0 Å². The summed E-state index contributed by atoms with van der Waals surface area (Å²) in [6, 6.07) is 2.54. The van der Waals surface area contributed by atoms with Crippen LogP contribution in [0.4, 0.5) is 17.6 Å². The minimum Gasteiger partial charge on any atom is -0.385 e. The van der Waals surface area contributed by atoms with Gasteiger partial charge in [-0.05, 0) is 32.0 Å². The van der Waals surface area contributed by atoms with E-state index in [9.17, 15) is 32.9 Å². The number of rotatable bonds is 4. The molecule has 11 heteroatoms. The van der Waals surface area contributed by atoms with Gasteiger partial charge in [0.15, 0.2) is 6.23 Å². The lowest BCUT2D eigenvalue weighted by Gasteiger charge is -2.30. The molecule has 1 aliphatic rings. The van der Waals surface area contributed by atoms with Gasteiger partial charge in [0.05, 0.1) is 11.3 Å². The van der Waals surface area contributed by atoms with Gasteiger partial charge in [-0.1, -0.05) is 0 Å². The average molecular weight is 441 g/mol. The summed E-state index contributed by atoms with van der Waals surface area (Å²) in [5.74, 6) is -2.71. The molecule has 0 bridgehead atoms. The highest BCUT2D eigenvalue weighted by molar-refractivity contribution is 5.78. The first-order valence-corrected chi connectivity index (χ1v) is 9.33. The molecule has 1 aliphatic heterocycles. The van der Waals surface area contributed by atoms with Gasteiger partial charge in [0, 0.05) is 17.1 Å². The van der Waals surface area contributed by atoms with E-state index in [4.69, 9.17) is 4.74 Å². The molecule has 1 aromatic carbocycles. The fourth-order valence-corrected chi connectivity index (χ4v) is 3.90. The molecule has 1 saturated heterocycles. The Morgan fingerprint density at radius 1 is 1.19 bits per heavy atom. The number of aryl methyl sites for hydroxylation is 1. The lowest BCUT2D eigenvalue weighted by atomic mass is 9.87. The average Bonchev–Trinajstić information content (AvgIpc) is 3.23. The summed E-state index contributed by atoms with van der Waals surface area (Å²) in [4.78, 5) is 8.20. The van der Waals surface area contributed by atoms with E-state index in [1.54, 1.807) is 13.0 Å². The monoisotopic (exact) mass is 441 g/mol. The van der Waals surface area contributed by atoms with Crippen molar-refractivity contribution in [2.75, 3.05) is 0 Å². The lowest BCUT2D eigenvalue weighted by molar-refractivity contribution is -0.115. The normalized spacial score (nSPS) is 27.4. The van der Waals surface area contributed by atoms with Gasteiger partial charge in [0.25, 0.3) is 6.43 Å². The minimum absolute atomic E-state index is 0.329. The molecule has 7 nitrogen and oxygen atoms in total. The van der Waals surface area contributed by atoms with Crippen molar-refractivity contribution < 1.29 is 37.6 Å². The SMILES string of the molecule is Cc1ncnc2c1ccn2[C@@H]1O[C@H]([C@@H](O)c2cc(F)cc(C(F)F)c2F)[C@@](C)(O)[C@H]1O. The molecule has 0 unspecified atom stereocenters. The highest BCUT2D eigenvalue weighted by Crippen LogP contribution is 2.44. The molecule has 1 fully saturated rings. The first kappa shape index (κ1) is 21.6. The van der Waals surface area contributed by atoms with Crippen molar-refractivity contribution in [2.45, 2.75) is 50.4 Å². The minimum atomic E-state index is -3.32. The van der Waals surface area contributed by atoms with Gasteiger partial charge in [0.1, 0.15) is 47.5 Å². The summed E-state index contributed by atoms with van der Waals surface area (Å²) < 4.78 is 61.5. The van der Waals surface area contributed by atoms with Crippen LogP contribution in [0, 0.1) is 18.6 Å². The Morgan fingerprint density at radius 2 is 1.87 bits per heavy atom. The maximum absolute atomic E-state index is 14.6. The number of aromatic nitrogens is 3. The Labute approximate surface area is 173 Å². The Morgan fingerprint density at radius 3 is 2.55 bits per heavy atom. The molecular weight excluding hydrogens is 422 g/mol. The Hall–Kier alpha value is -2.60. The van der Waals surface area contributed by atoms with Gasteiger partial charge in [0.2, 0.25) is 0 Å². The predicted molar refractivity (Wildman–Crippen MR) is 99.1 cm³/mol. The third kappa shape index (κ3) is 3.37. The summed E-state index contributed by atoms with van der Waals surface area (Å²) in [5.41, 5.74) is -3.16. The number of nitrogens with zero attached hydrogens (tertiary/aromatic N) is 3. The molecule has 3 aromatic rings. The van der Waals surface area contributed by atoms with Crippen LogP contribution in [0.25, 0.3) is 11.0 Å². The number of hydrogen-bond acceptors (Lipinski definition) is 6. The third-order valence-electron chi connectivity index (χ3n) is 5.65. The molecule has 3 heterocycles. The summed E-state index contributed by atoms with van der Waals surface area (Å²) in [6.07, 6.45) is -7.09. The van der Waals surface area contributed by atoms with E-state index in [-0.39, 0.29) is 0 Å². The predicted octanol–water partition coefficient (Wildman–Crippen LogP) is 2.70. The molecule has 0 amide bonds. The highest BCUT2D eigenvalue weighted by atomic mass is 19.3. The first-order valence-electron chi connectivity index (χ1n) is 9.33. The van der Waals surface area contributed by atoms with Crippen LogP contribution in [0.1, 0.15) is 42.5 Å². The zero-order valence-corrected chi connectivity index (χ0v) is 16.4. The van der Waals surface area contributed by atoms with Crippen molar-refractivity contribution in [1.29, 1.82) is 0 Å². The molecule has 3 N–H and O–H groups in total. The van der Waals surface area contributed by atoms with E-state index in [0.717, 1.165) is 6.92 Å². The summed E-state index contributed by atoms with van der Waals surface area (Å²) >= 11 is 0. The van der Waals surface area contributed by atoms with E-state index >= 15 is 0 Å². The molecule has 5 atom stereocenters. The van der Waals surface area contributed by atoms with Crippen molar-refractivity contribution >= 4 is 11.0 Å². The number of alkyl halides is 2. The van der Waals surface area contributed by atoms with E-state index in [1.807, 2.05) is 0 Å². The van der Waals surface area contributed by atoms with Crippen LogP contribution in [0.15, 0.2) is 30.7 Å². The second-order valence-corrected chi connectivity index (χ2v) is 7.68. The molecular formula is C20H19F4N3O4. The van der Waals surface area contributed by atoms with Crippen molar-refractivity contribution in [1.82, 2.24) is 14.5 Å². The van der Waals surface area contributed by atoms with E-state index in [1.165, 1.54) is 17.1 Å². The molecule has 4 rings (SSSR count). The first-order chi connectivity index (χ1) is 14.5. The number of ether oxygens (including phenoxy) is 1. The zero-order valence-electron chi connectivity index (χ0n) is 16.4. The standard InChI is InChI=1S/C20H19F4N3O4/c1-8-10-3-4-27(18(10)26-7-25-8)19-15(29)20(2,30)16(31-19)14(28)11-5-9(21)6-12(13(11)22)17(23)24/h3-7,14-17,19,28-30H,1-2H3/t14-,15-,16+,19+,20-/m0/s1. The topological polar surface area (TPSA) is 101 Å². The second-order valence-electron chi connectivity index (χ2n) is 7.68. The van der Waals surface area contributed by atoms with Crippen molar-refractivity contribution in [3.63, 3.8) is 0 Å². The number of aliphatic hydroxyl groups excluding tert-OH is 2. The largest absolute Gasteiger partial charge is 0.385 e. The van der Waals surface area contributed by atoms with Crippen LogP contribution in [-0.4, -0.2) is 47.7 Å². The number of benzene rings is 1. The number of halogens is 4.